The standard InChI is InChI=1S/C23H20N4O3S2/c28-21(24-23-26-25-22(31-23)17-9-2-1-3-10-17)19-13-7-15-27(19)32(29,30)20-14-6-11-16-8-4-5-12-18(16)20/h1-6,8-12,14,19H,7,13,15H2,(H,24,26,28). The summed E-state index contributed by atoms with van der Waals surface area (Å²) < 4.78 is 28.4. The number of fused-ring (bicyclic) bond motifs is 1. The van der Waals surface area contributed by atoms with E-state index in [9.17, 15) is 13.2 Å². The molecular formula is C23H20N4O3S2. The van der Waals surface area contributed by atoms with Crippen LogP contribution < -0.4 is 5.32 Å². The molecule has 1 fully saturated rings. The SMILES string of the molecule is O=C(Nc1nnc(-c2ccccc2)s1)C1CCCN1S(=O)(=O)c1cccc2ccccc12. The summed E-state index contributed by atoms with van der Waals surface area (Å²) in [5.41, 5.74) is 0.909. The van der Waals surface area contributed by atoms with Gasteiger partial charge in [-0.05, 0) is 24.3 Å². The summed E-state index contributed by atoms with van der Waals surface area (Å²) in [5, 5.41) is 13.5. The minimum atomic E-state index is -3.85. The molecule has 32 heavy (non-hydrogen) atoms. The molecule has 0 saturated carbocycles. The quantitative estimate of drug-likeness (QED) is 0.479. The second-order valence-corrected chi connectivity index (χ2v) is 10.4. The molecule has 162 valence electrons. The molecule has 1 aliphatic heterocycles. The number of amides is 1. The number of nitrogens with zero attached hydrogens (tertiary/aromatic N) is 3. The van der Waals surface area contributed by atoms with E-state index in [1.54, 1.807) is 18.2 Å². The molecule has 1 saturated heterocycles. The van der Waals surface area contributed by atoms with Crippen molar-refractivity contribution in [3.8, 4) is 10.6 Å². The van der Waals surface area contributed by atoms with Crippen LogP contribution in [-0.4, -0.2) is 41.4 Å². The Hall–Kier alpha value is -3.14. The maximum Gasteiger partial charge on any atom is 0.244 e. The Balaban J connectivity index is 1.40. The Morgan fingerprint density at radius 3 is 2.56 bits per heavy atom. The van der Waals surface area contributed by atoms with Crippen molar-refractivity contribution in [1.82, 2.24) is 14.5 Å². The summed E-state index contributed by atoms with van der Waals surface area (Å²) in [4.78, 5) is 13.3. The number of nitrogens with one attached hydrogen (secondary N) is 1. The van der Waals surface area contributed by atoms with Gasteiger partial charge in [-0.3, -0.25) is 10.1 Å². The largest absolute Gasteiger partial charge is 0.299 e. The summed E-state index contributed by atoms with van der Waals surface area (Å²) in [6.07, 6.45) is 1.08. The number of anilines is 1. The number of benzene rings is 3. The highest BCUT2D eigenvalue weighted by molar-refractivity contribution is 7.89. The number of rotatable bonds is 5. The predicted octanol–water partition coefficient (Wildman–Crippen LogP) is 4.15. The Labute approximate surface area is 189 Å². The number of aromatic nitrogens is 2. The highest BCUT2D eigenvalue weighted by atomic mass is 32.2. The first-order valence-corrected chi connectivity index (χ1v) is 12.5. The van der Waals surface area contributed by atoms with Crippen LogP contribution in [0.25, 0.3) is 21.3 Å². The number of hydrogen-bond donors (Lipinski definition) is 1. The molecule has 1 aromatic heterocycles. The number of hydrogen-bond acceptors (Lipinski definition) is 6. The lowest BCUT2D eigenvalue weighted by molar-refractivity contribution is -0.119. The van der Waals surface area contributed by atoms with Crippen LogP contribution in [0.4, 0.5) is 5.13 Å². The van der Waals surface area contributed by atoms with Crippen LogP contribution in [0.3, 0.4) is 0 Å². The smallest absolute Gasteiger partial charge is 0.244 e. The third kappa shape index (κ3) is 3.79. The zero-order valence-electron chi connectivity index (χ0n) is 17.0. The van der Waals surface area contributed by atoms with Gasteiger partial charge >= 0.3 is 0 Å². The Morgan fingerprint density at radius 1 is 0.969 bits per heavy atom. The summed E-state index contributed by atoms with van der Waals surface area (Å²) in [6, 6.07) is 21.3. The molecule has 0 radical (unpaired) electrons. The number of carbonyl (C=O) groups excluding carboxylic acids is 1. The van der Waals surface area contributed by atoms with Crippen LogP contribution in [-0.2, 0) is 14.8 Å². The first-order valence-electron chi connectivity index (χ1n) is 10.2. The van der Waals surface area contributed by atoms with Crippen LogP contribution in [0.5, 0.6) is 0 Å². The van der Waals surface area contributed by atoms with E-state index < -0.39 is 16.1 Å². The van der Waals surface area contributed by atoms with E-state index in [1.165, 1.54) is 15.6 Å². The molecule has 1 amide bonds. The van der Waals surface area contributed by atoms with E-state index in [1.807, 2.05) is 54.6 Å². The van der Waals surface area contributed by atoms with Crippen LogP contribution in [0.1, 0.15) is 12.8 Å². The average molecular weight is 465 g/mol. The van der Waals surface area contributed by atoms with Gasteiger partial charge in [0, 0.05) is 17.5 Å². The van der Waals surface area contributed by atoms with Gasteiger partial charge in [0.05, 0.1) is 4.90 Å². The summed E-state index contributed by atoms with van der Waals surface area (Å²) in [7, 11) is -3.85. The minimum absolute atomic E-state index is 0.220. The third-order valence-corrected chi connectivity index (χ3v) is 8.37. The second kappa shape index (κ2) is 8.42. The first kappa shape index (κ1) is 20.7. The Morgan fingerprint density at radius 2 is 1.72 bits per heavy atom. The zero-order valence-corrected chi connectivity index (χ0v) is 18.6. The van der Waals surface area contributed by atoms with Crippen LogP contribution in [0.15, 0.2) is 77.7 Å². The van der Waals surface area contributed by atoms with E-state index in [4.69, 9.17) is 0 Å². The van der Waals surface area contributed by atoms with Crippen molar-refractivity contribution in [2.75, 3.05) is 11.9 Å². The van der Waals surface area contributed by atoms with Gasteiger partial charge in [0.2, 0.25) is 21.1 Å². The highest BCUT2D eigenvalue weighted by Crippen LogP contribution is 2.32. The van der Waals surface area contributed by atoms with Crippen LogP contribution in [0.2, 0.25) is 0 Å². The highest BCUT2D eigenvalue weighted by Gasteiger charge is 2.40. The molecule has 1 unspecified atom stereocenters. The molecular weight excluding hydrogens is 444 g/mol. The van der Waals surface area contributed by atoms with Crippen molar-refractivity contribution in [3.63, 3.8) is 0 Å². The molecule has 0 bridgehead atoms. The van der Waals surface area contributed by atoms with Crippen LogP contribution >= 0.6 is 11.3 Å². The lowest BCUT2D eigenvalue weighted by Gasteiger charge is -2.23. The molecule has 0 spiro atoms. The monoisotopic (exact) mass is 464 g/mol. The van der Waals surface area contributed by atoms with Gasteiger partial charge < -0.3 is 0 Å². The van der Waals surface area contributed by atoms with Gasteiger partial charge in [-0.25, -0.2) is 8.42 Å². The number of sulfonamides is 1. The van der Waals surface area contributed by atoms with Gasteiger partial charge in [0.25, 0.3) is 0 Å². The lowest BCUT2D eigenvalue weighted by Crippen LogP contribution is -2.43. The third-order valence-electron chi connectivity index (χ3n) is 5.52. The van der Waals surface area contributed by atoms with Gasteiger partial charge in [-0.15, -0.1) is 10.2 Å². The molecule has 1 N–H and O–H groups in total. The second-order valence-electron chi connectivity index (χ2n) is 7.52. The molecule has 9 heteroatoms. The van der Waals surface area contributed by atoms with E-state index in [-0.39, 0.29) is 10.8 Å². The van der Waals surface area contributed by atoms with Crippen molar-refractivity contribution in [3.05, 3.63) is 72.8 Å². The van der Waals surface area contributed by atoms with E-state index in [2.05, 4.69) is 15.5 Å². The van der Waals surface area contributed by atoms with Gasteiger partial charge in [0.1, 0.15) is 11.0 Å². The fraction of sp³-hybridized carbons (Fsp3) is 0.174. The molecule has 7 nitrogen and oxygen atoms in total. The van der Waals surface area contributed by atoms with E-state index in [0.29, 0.717) is 34.9 Å². The fourth-order valence-corrected chi connectivity index (χ4v) is 6.62. The average Bonchev–Trinajstić information content (AvgIpc) is 3.50. The Bertz CT molecular complexity index is 1380. The van der Waals surface area contributed by atoms with Crippen molar-refractivity contribution in [2.45, 2.75) is 23.8 Å². The van der Waals surface area contributed by atoms with Crippen molar-refractivity contribution in [1.29, 1.82) is 0 Å². The van der Waals surface area contributed by atoms with Crippen LogP contribution in [0, 0.1) is 0 Å². The predicted molar refractivity (Wildman–Crippen MR) is 125 cm³/mol. The molecule has 5 rings (SSSR count). The van der Waals surface area contributed by atoms with Gasteiger partial charge in [0.15, 0.2) is 0 Å². The lowest BCUT2D eigenvalue weighted by atomic mass is 10.1. The van der Waals surface area contributed by atoms with Gasteiger partial charge in [-0.2, -0.15) is 4.31 Å². The minimum Gasteiger partial charge on any atom is -0.299 e. The fourth-order valence-electron chi connectivity index (χ4n) is 4.00. The first-order chi connectivity index (χ1) is 15.5. The van der Waals surface area contributed by atoms with E-state index >= 15 is 0 Å². The Kier molecular flexibility index (Phi) is 5.46. The molecule has 2 heterocycles. The summed E-state index contributed by atoms with van der Waals surface area (Å²) in [5.74, 6) is -0.387. The number of carbonyl (C=O) groups is 1. The maximum atomic E-state index is 13.5. The normalized spacial score (nSPS) is 16.9. The molecule has 3 aromatic carbocycles. The van der Waals surface area contributed by atoms with E-state index in [0.717, 1.165) is 10.9 Å². The zero-order chi connectivity index (χ0) is 22.1. The summed E-state index contributed by atoms with van der Waals surface area (Å²) in [6.45, 7) is 0.301. The van der Waals surface area contributed by atoms with Gasteiger partial charge in [-0.1, -0.05) is 78.1 Å². The molecule has 1 aliphatic rings. The van der Waals surface area contributed by atoms with Crippen molar-refractivity contribution >= 4 is 43.2 Å². The van der Waals surface area contributed by atoms with Crippen molar-refractivity contribution < 1.29 is 13.2 Å². The molecule has 0 aliphatic carbocycles. The topological polar surface area (TPSA) is 92.3 Å². The maximum absolute atomic E-state index is 13.5. The summed E-state index contributed by atoms with van der Waals surface area (Å²) >= 11 is 1.26. The molecule has 1 atom stereocenters. The van der Waals surface area contributed by atoms with Crippen molar-refractivity contribution in [2.24, 2.45) is 0 Å². The molecule has 4 aromatic rings.